The number of anilines is 2. The third kappa shape index (κ3) is 4.34. The third-order valence-corrected chi connectivity index (χ3v) is 6.34. The molecular weight excluding hydrogens is 369 g/mol. The van der Waals surface area contributed by atoms with Crippen molar-refractivity contribution in [1.29, 1.82) is 0 Å². The number of piperidine rings is 1. The van der Waals surface area contributed by atoms with E-state index < -0.39 is 0 Å². The molecule has 2 aliphatic rings. The van der Waals surface area contributed by atoms with Crippen LogP contribution in [0.4, 0.5) is 20.6 Å². The number of nitrogen functional groups attached to an aromatic ring is 1. The maximum Gasteiger partial charge on any atom is 0.321 e. The van der Waals surface area contributed by atoms with Gasteiger partial charge in [0.2, 0.25) is 0 Å². The molecule has 3 heterocycles. The minimum Gasteiger partial charge on any atom is -0.397 e. The molecular formula is C22H28FN5O. The number of carbonyl (C=O) groups is 1. The molecule has 4 rings (SSSR count). The van der Waals surface area contributed by atoms with Crippen LogP contribution in [0.5, 0.6) is 0 Å². The molecule has 0 aliphatic carbocycles. The van der Waals surface area contributed by atoms with Crippen molar-refractivity contribution in [2.45, 2.75) is 19.3 Å². The monoisotopic (exact) mass is 397 g/mol. The fourth-order valence-corrected chi connectivity index (χ4v) is 4.51. The van der Waals surface area contributed by atoms with Crippen molar-refractivity contribution in [3.05, 3.63) is 42.7 Å². The summed E-state index contributed by atoms with van der Waals surface area (Å²) in [6.07, 6.45) is 6.52. The zero-order valence-electron chi connectivity index (χ0n) is 16.6. The number of benzene rings is 1. The summed E-state index contributed by atoms with van der Waals surface area (Å²) in [5.41, 5.74) is 9.52. The summed E-state index contributed by atoms with van der Waals surface area (Å²) in [6, 6.07) is 9.39. The number of amides is 2. The molecule has 2 amide bonds. The Morgan fingerprint density at radius 1 is 1.10 bits per heavy atom. The smallest absolute Gasteiger partial charge is 0.321 e. The highest BCUT2D eigenvalue weighted by molar-refractivity contribution is 5.94. The van der Waals surface area contributed by atoms with Gasteiger partial charge in [0.05, 0.1) is 11.4 Å². The molecule has 0 saturated carbocycles. The van der Waals surface area contributed by atoms with Crippen LogP contribution in [0.1, 0.15) is 19.3 Å². The van der Waals surface area contributed by atoms with Crippen molar-refractivity contribution < 1.29 is 9.18 Å². The molecule has 154 valence electrons. The largest absolute Gasteiger partial charge is 0.397 e. The van der Waals surface area contributed by atoms with E-state index in [4.69, 9.17) is 5.73 Å². The molecule has 0 unspecified atom stereocenters. The van der Waals surface area contributed by atoms with Gasteiger partial charge in [-0.2, -0.15) is 0 Å². The summed E-state index contributed by atoms with van der Waals surface area (Å²) in [5, 5.41) is 2.98. The van der Waals surface area contributed by atoms with Crippen LogP contribution in [0.2, 0.25) is 0 Å². The highest BCUT2D eigenvalue weighted by Crippen LogP contribution is 2.40. The van der Waals surface area contributed by atoms with Gasteiger partial charge < -0.3 is 20.9 Å². The van der Waals surface area contributed by atoms with Gasteiger partial charge >= 0.3 is 6.03 Å². The molecule has 0 atom stereocenters. The number of alkyl halides is 1. The molecule has 1 aromatic carbocycles. The van der Waals surface area contributed by atoms with E-state index in [1.165, 1.54) is 0 Å². The lowest BCUT2D eigenvalue weighted by molar-refractivity contribution is 0.124. The molecule has 29 heavy (non-hydrogen) atoms. The van der Waals surface area contributed by atoms with Gasteiger partial charge in [-0.05, 0) is 66.6 Å². The zero-order chi connectivity index (χ0) is 20.3. The summed E-state index contributed by atoms with van der Waals surface area (Å²) in [5.74, 6) is 0. The molecule has 3 N–H and O–H groups in total. The van der Waals surface area contributed by atoms with E-state index >= 15 is 0 Å². The molecule has 2 aliphatic heterocycles. The number of hydrogen-bond acceptors (Lipinski definition) is 4. The SMILES string of the molecule is Nc1ccc(-c2ccncc2)cc1NC(=O)N1CCC2(CCN(CCF)C2)CC1. The van der Waals surface area contributed by atoms with Gasteiger partial charge in [-0.15, -0.1) is 0 Å². The van der Waals surface area contributed by atoms with Gasteiger partial charge in [0.25, 0.3) is 0 Å². The van der Waals surface area contributed by atoms with E-state index in [0.717, 1.165) is 56.6 Å². The Kier molecular flexibility index (Phi) is 5.67. The average Bonchev–Trinajstić information content (AvgIpc) is 3.13. The molecule has 0 radical (unpaired) electrons. The van der Waals surface area contributed by atoms with E-state index in [0.29, 0.717) is 17.9 Å². The van der Waals surface area contributed by atoms with Crippen LogP contribution in [0.3, 0.4) is 0 Å². The van der Waals surface area contributed by atoms with Crippen LogP contribution in [0.15, 0.2) is 42.7 Å². The molecule has 0 bridgehead atoms. The fourth-order valence-electron chi connectivity index (χ4n) is 4.51. The number of pyridine rings is 1. The van der Waals surface area contributed by atoms with E-state index in [-0.39, 0.29) is 18.1 Å². The van der Waals surface area contributed by atoms with Crippen LogP contribution in [0, 0.1) is 5.41 Å². The first kappa shape index (κ1) is 19.6. The molecule has 7 heteroatoms. The average molecular weight is 397 g/mol. The van der Waals surface area contributed by atoms with Gasteiger partial charge in [-0.3, -0.25) is 4.98 Å². The van der Waals surface area contributed by atoms with Crippen LogP contribution in [0.25, 0.3) is 11.1 Å². The lowest BCUT2D eigenvalue weighted by atomic mass is 9.78. The Balaban J connectivity index is 1.38. The normalized spacial score (nSPS) is 18.9. The Bertz CT molecular complexity index is 852. The van der Waals surface area contributed by atoms with Crippen molar-refractivity contribution in [3.63, 3.8) is 0 Å². The maximum absolute atomic E-state index is 12.8. The van der Waals surface area contributed by atoms with Crippen LogP contribution in [-0.4, -0.2) is 60.2 Å². The summed E-state index contributed by atoms with van der Waals surface area (Å²) < 4.78 is 12.6. The number of aromatic nitrogens is 1. The van der Waals surface area contributed by atoms with Gasteiger partial charge in [-0.25, -0.2) is 9.18 Å². The Labute approximate surface area is 170 Å². The van der Waals surface area contributed by atoms with E-state index in [2.05, 4.69) is 15.2 Å². The van der Waals surface area contributed by atoms with Crippen LogP contribution in [-0.2, 0) is 0 Å². The second kappa shape index (κ2) is 8.37. The predicted octanol–water partition coefficient (Wildman–Crippen LogP) is 3.62. The third-order valence-electron chi connectivity index (χ3n) is 6.34. The van der Waals surface area contributed by atoms with Gasteiger partial charge in [0.1, 0.15) is 6.67 Å². The van der Waals surface area contributed by atoms with E-state index in [9.17, 15) is 9.18 Å². The maximum atomic E-state index is 12.8. The number of nitrogens with one attached hydrogen (secondary N) is 1. The summed E-state index contributed by atoms with van der Waals surface area (Å²) in [7, 11) is 0. The fraction of sp³-hybridized carbons (Fsp3) is 0.455. The van der Waals surface area contributed by atoms with Crippen molar-refractivity contribution in [1.82, 2.24) is 14.8 Å². The van der Waals surface area contributed by atoms with Gasteiger partial charge in [0.15, 0.2) is 0 Å². The van der Waals surface area contributed by atoms with Crippen molar-refractivity contribution >= 4 is 17.4 Å². The first-order chi connectivity index (χ1) is 14.1. The number of hydrogen-bond donors (Lipinski definition) is 2. The summed E-state index contributed by atoms with van der Waals surface area (Å²) in [6.45, 7) is 3.60. The van der Waals surface area contributed by atoms with E-state index in [1.54, 1.807) is 12.4 Å². The molecule has 1 aromatic heterocycles. The molecule has 1 spiro atoms. The first-order valence-electron chi connectivity index (χ1n) is 10.2. The lowest BCUT2D eigenvalue weighted by Crippen LogP contribution is -2.46. The number of likely N-dealkylation sites (tertiary alicyclic amines) is 2. The highest BCUT2D eigenvalue weighted by atomic mass is 19.1. The number of nitrogens with zero attached hydrogens (tertiary/aromatic N) is 3. The van der Waals surface area contributed by atoms with Crippen LogP contribution < -0.4 is 11.1 Å². The standard InChI is InChI=1S/C22H28FN5O/c23-8-14-27-11-5-22(16-27)6-12-28(13-7-22)21(29)26-20-15-18(1-2-19(20)24)17-3-9-25-10-4-17/h1-4,9-10,15H,5-8,11-14,16,24H2,(H,26,29). The molecule has 2 aromatic rings. The number of nitrogens with two attached hydrogens (primary N) is 1. The van der Waals surface area contributed by atoms with Crippen LogP contribution >= 0.6 is 0 Å². The summed E-state index contributed by atoms with van der Waals surface area (Å²) >= 11 is 0. The Morgan fingerprint density at radius 2 is 1.83 bits per heavy atom. The topological polar surface area (TPSA) is 74.5 Å². The molecule has 2 fully saturated rings. The highest BCUT2D eigenvalue weighted by Gasteiger charge is 2.41. The second-order valence-electron chi connectivity index (χ2n) is 8.17. The predicted molar refractivity (Wildman–Crippen MR) is 113 cm³/mol. The number of rotatable bonds is 4. The lowest BCUT2D eigenvalue weighted by Gasteiger charge is -2.39. The Hall–Kier alpha value is -2.67. The first-order valence-corrected chi connectivity index (χ1v) is 10.2. The number of halogens is 1. The van der Waals surface area contributed by atoms with Crippen molar-refractivity contribution in [2.24, 2.45) is 5.41 Å². The minimum absolute atomic E-state index is 0.114. The van der Waals surface area contributed by atoms with Crippen molar-refractivity contribution in [3.8, 4) is 11.1 Å². The summed E-state index contributed by atoms with van der Waals surface area (Å²) in [4.78, 5) is 20.9. The number of urea groups is 1. The second-order valence-corrected chi connectivity index (χ2v) is 8.17. The molecule has 6 nitrogen and oxygen atoms in total. The van der Waals surface area contributed by atoms with Crippen molar-refractivity contribution in [2.75, 3.05) is 50.4 Å². The Morgan fingerprint density at radius 3 is 2.55 bits per heavy atom. The van der Waals surface area contributed by atoms with Gasteiger partial charge in [0, 0.05) is 38.6 Å². The number of carbonyl (C=O) groups excluding carboxylic acids is 1. The van der Waals surface area contributed by atoms with E-state index in [1.807, 2.05) is 35.2 Å². The molecule has 2 saturated heterocycles. The van der Waals surface area contributed by atoms with Gasteiger partial charge in [-0.1, -0.05) is 6.07 Å². The zero-order valence-corrected chi connectivity index (χ0v) is 16.6. The minimum atomic E-state index is -0.287. The quantitative estimate of drug-likeness (QED) is 0.773.